The molecule has 2 aromatic carbocycles. The molecule has 2 aliphatic heterocycles. The fourth-order valence-corrected chi connectivity index (χ4v) is 4.13. The first-order valence-corrected chi connectivity index (χ1v) is 11.0. The molecule has 6 atom stereocenters. The number of aliphatic hydroxyl groups excluding tert-OH is 4. The molecule has 33 heavy (non-hydrogen) atoms. The van der Waals surface area contributed by atoms with Gasteiger partial charge in [0, 0.05) is 6.42 Å². The van der Waals surface area contributed by atoms with Gasteiger partial charge in [-0.2, -0.15) is 5.10 Å². The lowest BCUT2D eigenvalue weighted by Crippen LogP contribution is -2.60. The minimum Gasteiger partial charge on any atom is -0.462 e. The van der Waals surface area contributed by atoms with E-state index >= 15 is 0 Å². The van der Waals surface area contributed by atoms with Crippen LogP contribution in [0.15, 0.2) is 53.6 Å². The van der Waals surface area contributed by atoms with Gasteiger partial charge in [0.25, 0.3) is 0 Å². The summed E-state index contributed by atoms with van der Waals surface area (Å²) < 4.78 is 11.1. The van der Waals surface area contributed by atoms with Crippen LogP contribution in [-0.2, 0) is 4.74 Å². The Hall–Kier alpha value is -2.60. The number of ether oxygens (including phenoxy) is 2. The van der Waals surface area contributed by atoms with Crippen molar-refractivity contribution in [2.45, 2.75) is 50.1 Å². The lowest BCUT2D eigenvalue weighted by molar-refractivity contribution is -0.277. The molecule has 1 saturated heterocycles. The van der Waals surface area contributed by atoms with Crippen LogP contribution in [0.5, 0.6) is 5.75 Å². The van der Waals surface area contributed by atoms with Gasteiger partial charge in [-0.05, 0) is 42.4 Å². The Morgan fingerprint density at radius 2 is 1.76 bits per heavy atom. The lowest BCUT2D eigenvalue weighted by Gasteiger charge is -2.39. The van der Waals surface area contributed by atoms with Gasteiger partial charge < -0.3 is 35.6 Å². The molecule has 0 radical (unpaired) electrons. The van der Waals surface area contributed by atoms with Gasteiger partial charge in [-0.15, -0.1) is 0 Å². The monoisotopic (exact) mass is 473 g/mol. The second-order valence-electron chi connectivity index (χ2n) is 8.20. The summed E-state index contributed by atoms with van der Waals surface area (Å²) in [5.41, 5.74) is 9.89. The maximum Gasteiger partial charge on any atom is 0.229 e. The van der Waals surface area contributed by atoms with Crippen LogP contribution in [0.3, 0.4) is 0 Å². The van der Waals surface area contributed by atoms with Crippen LogP contribution in [0, 0.1) is 6.92 Å². The van der Waals surface area contributed by atoms with Crippen LogP contribution in [0.4, 0.5) is 0 Å². The molecule has 6 N–H and O–H groups in total. The van der Waals surface area contributed by atoms with E-state index in [9.17, 15) is 20.4 Å². The van der Waals surface area contributed by atoms with E-state index in [-0.39, 0.29) is 11.2 Å². The summed E-state index contributed by atoms with van der Waals surface area (Å²) in [5, 5.41) is 45.7. The lowest BCUT2D eigenvalue weighted by atomic mass is 9.98. The summed E-state index contributed by atoms with van der Waals surface area (Å²) in [6, 6.07) is 15.0. The summed E-state index contributed by atoms with van der Waals surface area (Å²) in [6.07, 6.45) is -6.09. The normalized spacial score (nSPS) is 29.6. The van der Waals surface area contributed by atoms with E-state index in [1.165, 1.54) is 0 Å². The number of hydrogen-bond donors (Lipinski definition) is 5. The van der Waals surface area contributed by atoms with E-state index < -0.39 is 37.3 Å². The van der Waals surface area contributed by atoms with Crippen LogP contribution in [0.1, 0.15) is 29.2 Å². The van der Waals surface area contributed by atoms with Gasteiger partial charge in [0.1, 0.15) is 30.2 Å². The third-order valence-electron chi connectivity index (χ3n) is 5.89. The molecule has 2 aliphatic rings. The number of thiocarbonyl (C=S) groups is 1. The molecule has 0 spiro atoms. The summed E-state index contributed by atoms with van der Waals surface area (Å²) in [4.78, 5) is 0. The second-order valence-corrected chi connectivity index (χ2v) is 8.62. The average Bonchev–Trinajstić information content (AvgIpc) is 3.26. The summed E-state index contributed by atoms with van der Waals surface area (Å²) in [7, 11) is 0. The molecule has 0 aromatic heterocycles. The Labute approximate surface area is 196 Å². The van der Waals surface area contributed by atoms with Crippen molar-refractivity contribution in [3.63, 3.8) is 0 Å². The van der Waals surface area contributed by atoms with Gasteiger partial charge in [-0.3, -0.25) is 0 Å². The smallest absolute Gasteiger partial charge is 0.229 e. The highest BCUT2D eigenvalue weighted by Crippen LogP contribution is 2.34. The van der Waals surface area contributed by atoms with Gasteiger partial charge in [0.2, 0.25) is 6.29 Å². The number of nitrogens with zero attached hydrogens (tertiary/aromatic N) is 2. The first kappa shape index (κ1) is 23.6. The zero-order chi connectivity index (χ0) is 23.7. The maximum atomic E-state index is 10.2. The zero-order valence-corrected chi connectivity index (χ0v) is 18.8. The molecular weight excluding hydrogens is 446 g/mol. The van der Waals surface area contributed by atoms with Gasteiger partial charge >= 0.3 is 0 Å². The van der Waals surface area contributed by atoms with Gasteiger partial charge in [-0.1, -0.05) is 42.0 Å². The van der Waals surface area contributed by atoms with Crippen molar-refractivity contribution in [3.05, 3.63) is 65.2 Å². The van der Waals surface area contributed by atoms with Crippen molar-refractivity contribution in [2.75, 3.05) is 6.61 Å². The third-order valence-corrected chi connectivity index (χ3v) is 6.07. The Balaban J connectivity index is 1.48. The topological polar surface area (TPSA) is 141 Å². The Morgan fingerprint density at radius 3 is 2.36 bits per heavy atom. The molecule has 0 amide bonds. The molecule has 2 aromatic rings. The fourth-order valence-electron chi connectivity index (χ4n) is 3.96. The van der Waals surface area contributed by atoms with E-state index in [0.29, 0.717) is 12.2 Å². The van der Waals surface area contributed by atoms with Crippen LogP contribution in [-0.4, -0.2) is 73.6 Å². The van der Waals surface area contributed by atoms with Crippen LogP contribution in [0.25, 0.3) is 0 Å². The van der Waals surface area contributed by atoms with E-state index in [0.717, 1.165) is 22.4 Å². The number of aliphatic hydroxyl groups is 4. The number of aryl methyl sites for hydroxylation is 1. The van der Waals surface area contributed by atoms with Gasteiger partial charge in [0.15, 0.2) is 5.11 Å². The summed E-state index contributed by atoms with van der Waals surface area (Å²) in [6.45, 7) is 1.50. The number of nitrogens with two attached hydrogens (primary N) is 1. The molecule has 2 heterocycles. The second kappa shape index (κ2) is 9.72. The Kier molecular flexibility index (Phi) is 6.94. The molecule has 4 rings (SSSR count). The Morgan fingerprint density at radius 1 is 1.09 bits per heavy atom. The highest BCUT2D eigenvalue weighted by atomic mass is 32.1. The van der Waals surface area contributed by atoms with Crippen LogP contribution < -0.4 is 10.5 Å². The van der Waals surface area contributed by atoms with Crippen molar-refractivity contribution >= 4 is 23.0 Å². The minimum absolute atomic E-state index is 0.170. The van der Waals surface area contributed by atoms with E-state index in [1.807, 2.05) is 43.3 Å². The quantitative estimate of drug-likeness (QED) is 0.394. The number of hydrazone groups is 1. The van der Waals surface area contributed by atoms with Crippen molar-refractivity contribution in [2.24, 2.45) is 10.8 Å². The molecule has 0 aliphatic carbocycles. The zero-order valence-electron chi connectivity index (χ0n) is 18.0. The van der Waals surface area contributed by atoms with Crippen LogP contribution in [0.2, 0.25) is 0 Å². The highest BCUT2D eigenvalue weighted by molar-refractivity contribution is 7.80. The number of rotatable bonds is 5. The van der Waals surface area contributed by atoms with E-state index in [1.54, 1.807) is 17.1 Å². The standard InChI is InChI=1S/C23H27N3O6S/c1-12-2-4-13(5-3-12)16-10-17(26(25-16)23(24)33)14-6-8-15(9-7-14)31-22-21(30)20(29)19(28)18(11-27)32-22/h2-9,17-22,27-30H,10-11H2,1H3,(H2,24,33)/t17?,18-,19-,20-,21-,22-/m1/s1. The van der Waals surface area contributed by atoms with E-state index in [4.69, 9.17) is 27.4 Å². The third kappa shape index (κ3) is 4.86. The molecule has 0 bridgehead atoms. The minimum atomic E-state index is -1.50. The van der Waals surface area contributed by atoms with Crippen LogP contribution >= 0.6 is 12.2 Å². The molecule has 9 nitrogen and oxygen atoms in total. The summed E-state index contributed by atoms with van der Waals surface area (Å²) in [5.74, 6) is 0.377. The van der Waals surface area contributed by atoms with Crippen molar-refractivity contribution in [1.29, 1.82) is 0 Å². The van der Waals surface area contributed by atoms with Crippen molar-refractivity contribution in [3.8, 4) is 5.75 Å². The number of hydrogen-bond acceptors (Lipinski definition) is 8. The summed E-state index contributed by atoms with van der Waals surface area (Å²) >= 11 is 5.21. The Bertz CT molecular complexity index is 1010. The van der Waals surface area contributed by atoms with Gasteiger partial charge in [0.05, 0.1) is 18.4 Å². The number of benzene rings is 2. The molecule has 0 saturated carbocycles. The maximum absolute atomic E-state index is 10.2. The van der Waals surface area contributed by atoms with E-state index in [2.05, 4.69) is 5.10 Å². The largest absolute Gasteiger partial charge is 0.462 e. The SMILES string of the molecule is Cc1ccc(C2=NN(C(N)=S)C(c3ccc(O[C@@H]4O[C@H](CO)[C@@H](O)[C@@H](O)[C@H]4O)cc3)C2)cc1. The first-order valence-electron chi connectivity index (χ1n) is 10.6. The predicted octanol–water partition coefficient (Wildman–Crippen LogP) is 0.568. The highest BCUT2D eigenvalue weighted by Gasteiger charge is 2.44. The molecule has 1 unspecified atom stereocenters. The van der Waals surface area contributed by atoms with Gasteiger partial charge in [-0.25, -0.2) is 5.01 Å². The average molecular weight is 474 g/mol. The predicted molar refractivity (Wildman–Crippen MR) is 125 cm³/mol. The van der Waals surface area contributed by atoms with Crippen molar-refractivity contribution in [1.82, 2.24) is 5.01 Å². The first-order chi connectivity index (χ1) is 15.8. The molecular formula is C23H27N3O6S. The molecule has 176 valence electrons. The molecule has 10 heteroatoms. The molecule has 1 fully saturated rings. The fraction of sp³-hybridized carbons (Fsp3) is 0.391. The van der Waals surface area contributed by atoms with Crippen molar-refractivity contribution < 1.29 is 29.9 Å².